The van der Waals surface area contributed by atoms with Gasteiger partial charge in [0.25, 0.3) is 5.91 Å². The summed E-state index contributed by atoms with van der Waals surface area (Å²) in [5.41, 5.74) is 4.18. The average molecular weight is 445 g/mol. The van der Waals surface area contributed by atoms with Gasteiger partial charge in [-0.1, -0.05) is 23.8 Å². The maximum absolute atomic E-state index is 13.9. The van der Waals surface area contributed by atoms with Crippen LogP contribution in [0.15, 0.2) is 59.1 Å². The Labute approximate surface area is 191 Å². The van der Waals surface area contributed by atoms with Crippen LogP contribution in [0.4, 0.5) is 10.3 Å². The molecule has 33 heavy (non-hydrogen) atoms. The van der Waals surface area contributed by atoms with E-state index in [0.29, 0.717) is 30.4 Å². The van der Waals surface area contributed by atoms with Crippen LogP contribution in [0.3, 0.4) is 0 Å². The number of nitrogens with zero attached hydrogens (tertiary/aromatic N) is 4. The van der Waals surface area contributed by atoms with Gasteiger partial charge in [-0.15, -0.1) is 0 Å². The molecular formula is C26H25FN4O2. The Hall–Kier alpha value is -3.74. The fourth-order valence-electron chi connectivity index (χ4n) is 4.38. The zero-order valence-electron chi connectivity index (χ0n) is 18.9. The van der Waals surface area contributed by atoms with Crippen molar-refractivity contribution < 1.29 is 13.6 Å². The zero-order valence-corrected chi connectivity index (χ0v) is 18.9. The van der Waals surface area contributed by atoms with E-state index >= 15 is 0 Å². The molecule has 4 aromatic rings. The third-order valence-electron chi connectivity index (χ3n) is 6.09. The van der Waals surface area contributed by atoms with Crippen molar-refractivity contribution >= 4 is 22.8 Å². The zero-order chi connectivity index (χ0) is 23.1. The van der Waals surface area contributed by atoms with Gasteiger partial charge in [-0.25, -0.2) is 14.4 Å². The lowest BCUT2D eigenvalue weighted by Crippen LogP contribution is -2.28. The van der Waals surface area contributed by atoms with E-state index in [2.05, 4.69) is 4.98 Å². The van der Waals surface area contributed by atoms with Crippen molar-refractivity contribution in [1.29, 1.82) is 0 Å². The molecule has 2 aromatic heterocycles. The van der Waals surface area contributed by atoms with Gasteiger partial charge < -0.3 is 14.2 Å². The number of amides is 1. The second-order valence-electron chi connectivity index (χ2n) is 8.76. The molecular weight excluding hydrogens is 419 g/mol. The highest BCUT2D eigenvalue weighted by Crippen LogP contribution is 2.35. The van der Waals surface area contributed by atoms with Crippen molar-refractivity contribution in [3.63, 3.8) is 0 Å². The van der Waals surface area contributed by atoms with E-state index in [1.807, 2.05) is 61.2 Å². The first kappa shape index (κ1) is 21.1. The van der Waals surface area contributed by atoms with Gasteiger partial charge in [-0.05, 0) is 49.2 Å². The van der Waals surface area contributed by atoms with Crippen LogP contribution in [0.5, 0.6) is 0 Å². The molecule has 2 aromatic carbocycles. The van der Waals surface area contributed by atoms with Gasteiger partial charge >= 0.3 is 0 Å². The van der Waals surface area contributed by atoms with Gasteiger partial charge in [0.05, 0.1) is 5.69 Å². The van der Waals surface area contributed by atoms with Gasteiger partial charge in [-0.2, -0.15) is 0 Å². The Balaban J connectivity index is 1.45. The fourth-order valence-corrected chi connectivity index (χ4v) is 4.38. The van der Waals surface area contributed by atoms with Crippen LogP contribution >= 0.6 is 0 Å². The highest BCUT2D eigenvalue weighted by Gasteiger charge is 2.32. The van der Waals surface area contributed by atoms with E-state index in [4.69, 9.17) is 9.40 Å². The summed E-state index contributed by atoms with van der Waals surface area (Å²) in [4.78, 5) is 26.1. The third kappa shape index (κ3) is 4.06. The Kier molecular flexibility index (Phi) is 5.32. The normalized spacial score (nSPS) is 15.9. The minimum atomic E-state index is -0.307. The van der Waals surface area contributed by atoms with E-state index in [-0.39, 0.29) is 17.6 Å². The largest absolute Gasteiger partial charge is 0.451 e. The number of carbonyl (C=O) groups excluding carboxylic acids is 1. The molecule has 1 aliphatic rings. The van der Waals surface area contributed by atoms with Gasteiger partial charge in [-0.3, -0.25) is 4.79 Å². The number of carbonyl (C=O) groups is 1. The van der Waals surface area contributed by atoms with Crippen molar-refractivity contribution in [2.24, 2.45) is 0 Å². The Morgan fingerprint density at radius 3 is 2.82 bits per heavy atom. The van der Waals surface area contributed by atoms with Crippen LogP contribution in [0.25, 0.3) is 22.1 Å². The van der Waals surface area contributed by atoms with Crippen LogP contribution in [0.1, 0.15) is 34.2 Å². The first-order valence-corrected chi connectivity index (χ1v) is 11.0. The van der Waals surface area contributed by atoms with Crippen LogP contribution in [-0.4, -0.2) is 48.0 Å². The van der Waals surface area contributed by atoms with Gasteiger partial charge in [0.1, 0.15) is 11.4 Å². The number of halogens is 1. The number of rotatable bonds is 4. The minimum absolute atomic E-state index is 0.0144. The van der Waals surface area contributed by atoms with Crippen molar-refractivity contribution in [1.82, 2.24) is 14.9 Å². The quantitative estimate of drug-likeness (QED) is 0.442. The average Bonchev–Trinajstić information content (AvgIpc) is 3.45. The molecule has 0 saturated carbocycles. The molecule has 1 atom stereocenters. The molecule has 168 valence electrons. The van der Waals surface area contributed by atoms with E-state index < -0.39 is 0 Å². The van der Waals surface area contributed by atoms with Gasteiger partial charge in [0, 0.05) is 50.2 Å². The number of hydrogen-bond acceptors (Lipinski definition) is 5. The number of hydrogen-bond donors (Lipinski definition) is 0. The molecule has 7 heteroatoms. The summed E-state index contributed by atoms with van der Waals surface area (Å²) in [6, 6.07) is 14.1. The smallest absolute Gasteiger partial charge is 0.289 e. The number of benzene rings is 2. The topological polar surface area (TPSA) is 62.5 Å². The SMILES string of the molecule is Cc1ccc2oc(C(=O)N3CC[C@H](c4nc(N(C)C)ncc4-c4cccc(F)c4)C3)cc2c1. The summed E-state index contributed by atoms with van der Waals surface area (Å²) in [5.74, 6) is 0.514. The van der Waals surface area contributed by atoms with Crippen molar-refractivity contribution in [2.75, 3.05) is 32.1 Å². The molecule has 1 fully saturated rings. The first-order valence-electron chi connectivity index (χ1n) is 11.0. The Morgan fingerprint density at radius 2 is 2.03 bits per heavy atom. The summed E-state index contributed by atoms with van der Waals surface area (Å²) >= 11 is 0. The van der Waals surface area contributed by atoms with Crippen LogP contribution < -0.4 is 4.90 Å². The second kappa shape index (κ2) is 8.31. The number of anilines is 1. The maximum atomic E-state index is 13.9. The summed E-state index contributed by atoms with van der Waals surface area (Å²) < 4.78 is 19.8. The lowest BCUT2D eigenvalue weighted by atomic mass is 9.96. The molecule has 0 aliphatic carbocycles. The van der Waals surface area contributed by atoms with E-state index in [1.54, 1.807) is 12.3 Å². The fraction of sp³-hybridized carbons (Fsp3) is 0.269. The molecule has 0 N–H and O–H groups in total. The Morgan fingerprint density at radius 1 is 1.18 bits per heavy atom. The summed E-state index contributed by atoms with van der Waals surface area (Å²) in [5, 5.41) is 0.925. The predicted molar refractivity (Wildman–Crippen MR) is 126 cm³/mol. The first-order chi connectivity index (χ1) is 15.9. The number of aryl methyl sites for hydroxylation is 1. The number of aromatic nitrogens is 2. The second-order valence-corrected chi connectivity index (χ2v) is 8.76. The predicted octanol–water partition coefficient (Wildman–Crippen LogP) is 5.03. The maximum Gasteiger partial charge on any atom is 0.289 e. The molecule has 5 rings (SSSR count). The monoisotopic (exact) mass is 444 g/mol. The number of fused-ring (bicyclic) bond motifs is 1. The van der Waals surface area contributed by atoms with Crippen molar-refractivity contribution in [3.8, 4) is 11.1 Å². The summed E-state index contributed by atoms with van der Waals surface area (Å²) in [6.07, 6.45) is 2.51. The molecule has 0 bridgehead atoms. The molecule has 3 heterocycles. The highest BCUT2D eigenvalue weighted by molar-refractivity contribution is 5.96. The lowest BCUT2D eigenvalue weighted by molar-refractivity contribution is 0.0761. The van der Waals surface area contributed by atoms with Crippen LogP contribution in [0.2, 0.25) is 0 Å². The van der Waals surface area contributed by atoms with E-state index in [1.165, 1.54) is 12.1 Å². The van der Waals surface area contributed by atoms with Crippen molar-refractivity contribution in [2.45, 2.75) is 19.3 Å². The Bertz CT molecular complexity index is 1350. The van der Waals surface area contributed by atoms with Crippen LogP contribution in [0, 0.1) is 12.7 Å². The third-order valence-corrected chi connectivity index (χ3v) is 6.09. The summed E-state index contributed by atoms with van der Waals surface area (Å²) in [6.45, 7) is 3.13. The molecule has 0 spiro atoms. The molecule has 1 saturated heterocycles. The summed E-state index contributed by atoms with van der Waals surface area (Å²) in [7, 11) is 3.77. The molecule has 1 amide bonds. The number of likely N-dealkylation sites (tertiary alicyclic amines) is 1. The molecule has 1 aliphatic heterocycles. The van der Waals surface area contributed by atoms with Crippen molar-refractivity contribution in [3.05, 3.63) is 77.6 Å². The number of furan rings is 1. The van der Waals surface area contributed by atoms with Gasteiger partial charge in [0.15, 0.2) is 5.76 Å². The standard InChI is InChI=1S/C26H25FN4O2/c1-16-7-8-22-19(11-16)13-23(33-22)25(32)31-10-9-18(15-31)24-21(14-28-26(29-24)30(2)3)17-5-4-6-20(27)12-17/h4-8,11-14,18H,9-10,15H2,1-3H3/t18-/m0/s1. The van der Waals surface area contributed by atoms with E-state index in [0.717, 1.165) is 34.2 Å². The van der Waals surface area contributed by atoms with Gasteiger partial charge in [0.2, 0.25) is 5.95 Å². The molecule has 6 nitrogen and oxygen atoms in total. The van der Waals surface area contributed by atoms with E-state index in [9.17, 15) is 9.18 Å². The highest BCUT2D eigenvalue weighted by atomic mass is 19.1. The molecule has 0 radical (unpaired) electrons. The lowest BCUT2D eigenvalue weighted by Gasteiger charge is -2.19. The molecule has 0 unspecified atom stereocenters. The minimum Gasteiger partial charge on any atom is -0.451 e. The van der Waals surface area contributed by atoms with Crippen LogP contribution in [-0.2, 0) is 0 Å².